The highest BCUT2D eigenvalue weighted by atomic mass is 35.5. The summed E-state index contributed by atoms with van der Waals surface area (Å²) < 4.78 is 0. The Morgan fingerprint density at radius 2 is 2.11 bits per heavy atom. The number of aryl methyl sites for hydroxylation is 2. The summed E-state index contributed by atoms with van der Waals surface area (Å²) in [5.41, 5.74) is 3.44. The highest BCUT2D eigenvalue weighted by molar-refractivity contribution is 6.20. The topological polar surface area (TPSA) is 29.1 Å². The second-order valence-electron chi connectivity index (χ2n) is 4.80. The maximum absolute atomic E-state index is 11.8. The lowest BCUT2D eigenvalue weighted by Gasteiger charge is -2.11. The standard InChI is InChI=1S/C15H22ClNO/c1-4-5-14(16)10-17-15(18)9-13-8-11(2)6-7-12(13)3/h6-8,14H,4-5,9-10H2,1-3H3,(H,17,18). The number of amides is 1. The fraction of sp³-hybridized carbons (Fsp3) is 0.533. The summed E-state index contributed by atoms with van der Waals surface area (Å²) in [6.07, 6.45) is 2.41. The number of hydrogen-bond acceptors (Lipinski definition) is 1. The first-order valence-electron chi connectivity index (χ1n) is 6.49. The van der Waals surface area contributed by atoms with E-state index in [1.165, 1.54) is 5.56 Å². The Balaban J connectivity index is 2.47. The molecule has 100 valence electrons. The van der Waals surface area contributed by atoms with Crippen LogP contribution in [0.5, 0.6) is 0 Å². The number of alkyl halides is 1. The van der Waals surface area contributed by atoms with Gasteiger partial charge in [0, 0.05) is 6.54 Å². The van der Waals surface area contributed by atoms with Crippen molar-refractivity contribution in [3.05, 3.63) is 34.9 Å². The average Bonchev–Trinajstić information content (AvgIpc) is 2.32. The van der Waals surface area contributed by atoms with Crippen LogP contribution in [0.4, 0.5) is 0 Å². The van der Waals surface area contributed by atoms with Crippen molar-refractivity contribution in [2.45, 2.75) is 45.4 Å². The first kappa shape index (κ1) is 15.0. The van der Waals surface area contributed by atoms with Crippen LogP contribution in [-0.2, 0) is 11.2 Å². The van der Waals surface area contributed by atoms with Gasteiger partial charge in [0.25, 0.3) is 0 Å². The molecule has 1 rings (SSSR count). The van der Waals surface area contributed by atoms with Crippen LogP contribution < -0.4 is 5.32 Å². The van der Waals surface area contributed by atoms with E-state index in [9.17, 15) is 4.79 Å². The van der Waals surface area contributed by atoms with Crippen LogP contribution >= 0.6 is 11.6 Å². The predicted octanol–water partition coefficient (Wildman–Crippen LogP) is 3.37. The van der Waals surface area contributed by atoms with Crippen LogP contribution in [0.2, 0.25) is 0 Å². The van der Waals surface area contributed by atoms with E-state index < -0.39 is 0 Å². The summed E-state index contributed by atoms with van der Waals surface area (Å²) >= 11 is 6.07. The van der Waals surface area contributed by atoms with Gasteiger partial charge in [0.05, 0.1) is 11.8 Å². The van der Waals surface area contributed by atoms with Crippen LogP contribution in [0.25, 0.3) is 0 Å². The van der Waals surface area contributed by atoms with E-state index in [1.54, 1.807) is 0 Å². The van der Waals surface area contributed by atoms with Gasteiger partial charge in [-0.05, 0) is 31.4 Å². The molecule has 1 N–H and O–H groups in total. The SMILES string of the molecule is CCCC(Cl)CNC(=O)Cc1cc(C)ccc1C. The zero-order valence-corrected chi connectivity index (χ0v) is 12.2. The first-order valence-corrected chi connectivity index (χ1v) is 6.93. The van der Waals surface area contributed by atoms with Gasteiger partial charge >= 0.3 is 0 Å². The van der Waals surface area contributed by atoms with Gasteiger partial charge in [-0.1, -0.05) is 37.1 Å². The Kier molecular flexibility index (Phi) is 6.20. The molecule has 1 unspecified atom stereocenters. The second-order valence-corrected chi connectivity index (χ2v) is 5.41. The highest BCUT2D eigenvalue weighted by Gasteiger charge is 2.08. The van der Waals surface area contributed by atoms with Gasteiger partial charge in [0.2, 0.25) is 5.91 Å². The van der Waals surface area contributed by atoms with Gasteiger partial charge in [-0.25, -0.2) is 0 Å². The molecule has 0 bridgehead atoms. The number of carbonyl (C=O) groups is 1. The lowest BCUT2D eigenvalue weighted by molar-refractivity contribution is -0.120. The summed E-state index contributed by atoms with van der Waals surface area (Å²) in [5.74, 6) is 0.0467. The zero-order chi connectivity index (χ0) is 13.5. The summed E-state index contributed by atoms with van der Waals surface area (Å²) in [7, 11) is 0. The monoisotopic (exact) mass is 267 g/mol. The summed E-state index contributed by atoms with van der Waals surface area (Å²) in [4.78, 5) is 11.8. The average molecular weight is 268 g/mol. The molecule has 0 fully saturated rings. The molecule has 1 aromatic carbocycles. The summed E-state index contributed by atoms with van der Waals surface area (Å²) in [6, 6.07) is 6.19. The molecule has 0 aliphatic rings. The van der Waals surface area contributed by atoms with E-state index in [0.717, 1.165) is 24.0 Å². The van der Waals surface area contributed by atoms with Crippen LogP contribution in [0.3, 0.4) is 0 Å². The molecule has 18 heavy (non-hydrogen) atoms. The Morgan fingerprint density at radius 3 is 2.78 bits per heavy atom. The molecule has 2 nitrogen and oxygen atoms in total. The minimum Gasteiger partial charge on any atom is -0.354 e. The molecule has 0 saturated carbocycles. The van der Waals surface area contributed by atoms with Gasteiger partial charge in [0.15, 0.2) is 0 Å². The number of hydrogen-bond donors (Lipinski definition) is 1. The molecule has 1 aromatic rings. The van der Waals surface area contributed by atoms with Crippen molar-refractivity contribution < 1.29 is 4.79 Å². The van der Waals surface area contributed by atoms with Crippen molar-refractivity contribution in [3.8, 4) is 0 Å². The van der Waals surface area contributed by atoms with Gasteiger partial charge in [-0.3, -0.25) is 4.79 Å². The van der Waals surface area contributed by atoms with E-state index >= 15 is 0 Å². The number of nitrogens with one attached hydrogen (secondary N) is 1. The summed E-state index contributed by atoms with van der Waals surface area (Å²) in [6.45, 7) is 6.72. The van der Waals surface area contributed by atoms with Crippen molar-refractivity contribution in [2.24, 2.45) is 0 Å². The van der Waals surface area contributed by atoms with E-state index in [2.05, 4.69) is 30.4 Å². The minimum atomic E-state index is 0.0394. The molecular weight excluding hydrogens is 246 g/mol. The van der Waals surface area contributed by atoms with Crippen molar-refractivity contribution in [1.82, 2.24) is 5.32 Å². The molecular formula is C15H22ClNO. The fourth-order valence-corrected chi connectivity index (χ4v) is 2.16. The Bertz CT molecular complexity index is 403. The smallest absolute Gasteiger partial charge is 0.224 e. The molecule has 0 aromatic heterocycles. The van der Waals surface area contributed by atoms with E-state index in [4.69, 9.17) is 11.6 Å². The molecule has 0 heterocycles. The van der Waals surface area contributed by atoms with Crippen molar-refractivity contribution in [3.63, 3.8) is 0 Å². The molecule has 1 atom stereocenters. The predicted molar refractivity (Wildman–Crippen MR) is 77.2 cm³/mol. The van der Waals surface area contributed by atoms with Gasteiger partial charge < -0.3 is 5.32 Å². The fourth-order valence-electron chi connectivity index (χ4n) is 1.87. The van der Waals surface area contributed by atoms with Crippen LogP contribution in [0.15, 0.2) is 18.2 Å². The lowest BCUT2D eigenvalue weighted by Crippen LogP contribution is -2.31. The van der Waals surface area contributed by atoms with Crippen molar-refractivity contribution >= 4 is 17.5 Å². The van der Waals surface area contributed by atoms with E-state index in [0.29, 0.717) is 13.0 Å². The summed E-state index contributed by atoms with van der Waals surface area (Å²) in [5, 5.41) is 2.93. The minimum absolute atomic E-state index is 0.0394. The third kappa shape index (κ3) is 5.09. The quantitative estimate of drug-likeness (QED) is 0.787. The zero-order valence-electron chi connectivity index (χ0n) is 11.4. The van der Waals surface area contributed by atoms with E-state index in [-0.39, 0.29) is 11.3 Å². The third-order valence-electron chi connectivity index (χ3n) is 2.98. The van der Waals surface area contributed by atoms with Crippen LogP contribution in [0.1, 0.15) is 36.5 Å². The molecule has 3 heteroatoms. The van der Waals surface area contributed by atoms with Gasteiger partial charge in [-0.15, -0.1) is 11.6 Å². The Morgan fingerprint density at radius 1 is 1.39 bits per heavy atom. The third-order valence-corrected chi connectivity index (χ3v) is 3.35. The number of carbonyl (C=O) groups excluding carboxylic acids is 1. The second kappa shape index (κ2) is 7.42. The molecule has 0 radical (unpaired) electrons. The molecule has 0 aliphatic carbocycles. The lowest BCUT2D eigenvalue weighted by atomic mass is 10.0. The highest BCUT2D eigenvalue weighted by Crippen LogP contribution is 2.11. The normalized spacial score (nSPS) is 12.2. The number of halogens is 1. The molecule has 0 aliphatic heterocycles. The Hall–Kier alpha value is -1.02. The van der Waals surface area contributed by atoms with Crippen molar-refractivity contribution in [2.75, 3.05) is 6.54 Å². The molecule has 0 spiro atoms. The van der Waals surface area contributed by atoms with Crippen LogP contribution in [-0.4, -0.2) is 17.8 Å². The molecule has 1 amide bonds. The molecule has 0 saturated heterocycles. The largest absolute Gasteiger partial charge is 0.354 e. The number of benzene rings is 1. The van der Waals surface area contributed by atoms with Gasteiger partial charge in [-0.2, -0.15) is 0 Å². The van der Waals surface area contributed by atoms with Crippen LogP contribution in [0, 0.1) is 13.8 Å². The van der Waals surface area contributed by atoms with E-state index in [1.807, 2.05) is 13.8 Å². The van der Waals surface area contributed by atoms with Gasteiger partial charge in [0.1, 0.15) is 0 Å². The maximum Gasteiger partial charge on any atom is 0.224 e. The Labute approximate surface area is 115 Å². The maximum atomic E-state index is 11.8. The van der Waals surface area contributed by atoms with Crippen molar-refractivity contribution in [1.29, 1.82) is 0 Å². The first-order chi connectivity index (χ1) is 8.52. The number of rotatable bonds is 6.